The van der Waals surface area contributed by atoms with Crippen LogP contribution in [0.1, 0.15) is 6.42 Å². The largest absolute Gasteiger partial charge is 0.482 e. The van der Waals surface area contributed by atoms with Gasteiger partial charge in [0.25, 0.3) is 11.8 Å². The molecule has 0 aromatic heterocycles. The summed E-state index contributed by atoms with van der Waals surface area (Å²) in [5.74, 6) is 0.424. The monoisotopic (exact) mass is 395 g/mol. The summed E-state index contributed by atoms with van der Waals surface area (Å²) in [6, 6.07) is 14.4. The maximum absolute atomic E-state index is 13.0. The molecule has 2 aliphatic rings. The van der Waals surface area contributed by atoms with Crippen molar-refractivity contribution in [2.75, 3.05) is 36.5 Å². The fraction of sp³-hybridized carbons (Fsp3) is 0.286. The Kier molecular flexibility index (Phi) is 5.07. The summed E-state index contributed by atoms with van der Waals surface area (Å²) < 4.78 is 11.2. The Morgan fingerprint density at radius 2 is 1.76 bits per heavy atom. The number of ether oxygens (including phenoxy) is 2. The van der Waals surface area contributed by atoms with Crippen LogP contribution >= 0.6 is 0 Å². The summed E-state index contributed by atoms with van der Waals surface area (Å²) in [7, 11) is 1.53. The minimum absolute atomic E-state index is 0.0513. The second-order valence-corrected chi connectivity index (χ2v) is 6.74. The normalized spacial score (nSPS) is 17.6. The quantitative estimate of drug-likeness (QED) is 0.844. The van der Waals surface area contributed by atoms with Gasteiger partial charge in [-0.2, -0.15) is 0 Å². The average molecular weight is 395 g/mol. The topological polar surface area (TPSA) is 88.2 Å². The molecule has 1 atom stereocenters. The van der Waals surface area contributed by atoms with Crippen molar-refractivity contribution in [3.8, 4) is 11.5 Å². The van der Waals surface area contributed by atoms with E-state index in [-0.39, 0.29) is 43.8 Å². The van der Waals surface area contributed by atoms with Crippen LogP contribution in [0.4, 0.5) is 11.4 Å². The van der Waals surface area contributed by atoms with Gasteiger partial charge in [-0.3, -0.25) is 14.4 Å². The Morgan fingerprint density at radius 3 is 2.52 bits per heavy atom. The highest BCUT2D eigenvalue weighted by Gasteiger charge is 2.34. The molecule has 0 aliphatic carbocycles. The number of benzene rings is 2. The molecular formula is C21H21N3O5. The number of rotatable bonds is 4. The minimum atomic E-state index is -0.787. The molecule has 150 valence electrons. The highest BCUT2D eigenvalue weighted by atomic mass is 16.5. The number of hydrogen-bond donors (Lipinski definition) is 1. The van der Waals surface area contributed by atoms with Crippen molar-refractivity contribution in [2.45, 2.75) is 12.5 Å². The van der Waals surface area contributed by atoms with Gasteiger partial charge in [-0.1, -0.05) is 24.3 Å². The first-order valence-corrected chi connectivity index (χ1v) is 9.38. The molecule has 0 spiro atoms. The molecule has 1 unspecified atom stereocenters. The molecule has 2 aromatic carbocycles. The number of nitrogens with zero attached hydrogens (tertiary/aromatic N) is 2. The van der Waals surface area contributed by atoms with Crippen LogP contribution in [0.15, 0.2) is 48.5 Å². The molecule has 29 heavy (non-hydrogen) atoms. The van der Waals surface area contributed by atoms with E-state index in [0.717, 1.165) is 0 Å². The van der Waals surface area contributed by atoms with E-state index < -0.39 is 6.10 Å². The Balaban J connectivity index is 1.52. The first kappa shape index (κ1) is 18.8. The SMILES string of the molecule is CNC(=O)C1CN(C(=O)CCN2C(=O)COc3ccccc32)c2ccccc2O1. The summed E-state index contributed by atoms with van der Waals surface area (Å²) in [4.78, 5) is 40.6. The molecule has 3 amide bonds. The summed E-state index contributed by atoms with van der Waals surface area (Å²) in [6.07, 6.45) is -0.681. The first-order chi connectivity index (χ1) is 14.1. The van der Waals surface area contributed by atoms with Crippen LogP contribution in [0.3, 0.4) is 0 Å². The number of carbonyl (C=O) groups excluding carboxylic acids is 3. The van der Waals surface area contributed by atoms with E-state index >= 15 is 0 Å². The van der Waals surface area contributed by atoms with Crippen LogP contribution in [-0.4, -0.2) is 50.6 Å². The number of fused-ring (bicyclic) bond motifs is 2. The van der Waals surface area contributed by atoms with Crippen LogP contribution in [0.25, 0.3) is 0 Å². The van der Waals surface area contributed by atoms with Gasteiger partial charge in [-0.25, -0.2) is 0 Å². The average Bonchev–Trinajstić information content (AvgIpc) is 2.76. The zero-order valence-electron chi connectivity index (χ0n) is 16.0. The lowest BCUT2D eigenvalue weighted by atomic mass is 10.1. The van der Waals surface area contributed by atoms with E-state index in [1.165, 1.54) is 7.05 Å². The molecule has 0 fully saturated rings. The fourth-order valence-electron chi connectivity index (χ4n) is 3.51. The lowest BCUT2D eigenvalue weighted by Crippen LogP contribution is -2.50. The van der Waals surface area contributed by atoms with Crippen LogP contribution in [0.2, 0.25) is 0 Å². The Hall–Kier alpha value is -3.55. The standard InChI is InChI=1S/C21H21N3O5/c1-22-21(27)18-12-24(15-7-3-5-9-17(15)29-18)19(25)10-11-23-14-6-2-4-8-16(14)28-13-20(23)26/h2-9,18H,10-13H2,1H3,(H,22,27). The number of carbonyl (C=O) groups is 3. The zero-order valence-corrected chi connectivity index (χ0v) is 16.0. The molecule has 0 saturated heterocycles. The van der Waals surface area contributed by atoms with Crippen molar-refractivity contribution in [3.63, 3.8) is 0 Å². The maximum atomic E-state index is 13.0. The van der Waals surface area contributed by atoms with Crippen molar-refractivity contribution in [3.05, 3.63) is 48.5 Å². The van der Waals surface area contributed by atoms with Gasteiger partial charge in [-0.05, 0) is 24.3 Å². The highest BCUT2D eigenvalue weighted by molar-refractivity contribution is 6.00. The van der Waals surface area contributed by atoms with E-state index in [0.29, 0.717) is 22.9 Å². The Labute approximate surface area is 168 Å². The summed E-state index contributed by atoms with van der Waals surface area (Å²) in [5.41, 5.74) is 1.27. The van der Waals surface area contributed by atoms with Gasteiger partial charge < -0.3 is 24.6 Å². The molecule has 0 saturated carbocycles. The summed E-state index contributed by atoms with van der Waals surface area (Å²) in [5, 5.41) is 2.56. The van der Waals surface area contributed by atoms with Gasteiger partial charge in [0.1, 0.15) is 11.5 Å². The molecule has 0 radical (unpaired) electrons. The van der Waals surface area contributed by atoms with Crippen molar-refractivity contribution in [1.82, 2.24) is 5.32 Å². The molecule has 2 heterocycles. The van der Waals surface area contributed by atoms with Crippen LogP contribution in [0, 0.1) is 0 Å². The van der Waals surface area contributed by atoms with Crippen molar-refractivity contribution >= 4 is 29.1 Å². The predicted molar refractivity (Wildman–Crippen MR) is 106 cm³/mol. The third kappa shape index (κ3) is 3.61. The summed E-state index contributed by atoms with van der Waals surface area (Å²) >= 11 is 0. The molecular weight excluding hydrogens is 374 g/mol. The van der Waals surface area contributed by atoms with E-state index in [1.807, 2.05) is 18.2 Å². The van der Waals surface area contributed by atoms with Gasteiger partial charge in [0.2, 0.25) is 5.91 Å². The second kappa shape index (κ2) is 7.83. The van der Waals surface area contributed by atoms with E-state index in [9.17, 15) is 14.4 Å². The molecule has 2 aromatic rings. The highest BCUT2D eigenvalue weighted by Crippen LogP contribution is 2.34. The van der Waals surface area contributed by atoms with Crippen molar-refractivity contribution in [2.24, 2.45) is 0 Å². The predicted octanol–water partition coefficient (Wildman–Crippen LogP) is 1.34. The number of hydrogen-bond acceptors (Lipinski definition) is 5. The molecule has 1 N–H and O–H groups in total. The Morgan fingerprint density at radius 1 is 1.07 bits per heavy atom. The third-order valence-electron chi connectivity index (χ3n) is 4.97. The zero-order chi connectivity index (χ0) is 20.4. The number of likely N-dealkylation sites (N-methyl/N-ethyl adjacent to an activating group) is 1. The van der Waals surface area contributed by atoms with Gasteiger partial charge in [-0.15, -0.1) is 0 Å². The van der Waals surface area contributed by atoms with Crippen LogP contribution < -0.4 is 24.6 Å². The van der Waals surface area contributed by atoms with E-state index in [1.54, 1.807) is 40.1 Å². The maximum Gasteiger partial charge on any atom is 0.265 e. The number of nitrogens with one attached hydrogen (secondary N) is 1. The third-order valence-corrected chi connectivity index (χ3v) is 4.97. The molecule has 8 nitrogen and oxygen atoms in total. The fourth-order valence-corrected chi connectivity index (χ4v) is 3.51. The molecule has 0 bridgehead atoms. The Bertz CT molecular complexity index is 961. The lowest BCUT2D eigenvalue weighted by molar-refractivity contribution is -0.127. The van der Waals surface area contributed by atoms with Crippen molar-refractivity contribution in [1.29, 1.82) is 0 Å². The van der Waals surface area contributed by atoms with Crippen LogP contribution in [0.5, 0.6) is 11.5 Å². The summed E-state index contributed by atoms with van der Waals surface area (Å²) in [6.45, 7) is 0.287. The van der Waals surface area contributed by atoms with E-state index in [2.05, 4.69) is 5.32 Å². The van der Waals surface area contributed by atoms with Gasteiger partial charge in [0, 0.05) is 20.0 Å². The van der Waals surface area contributed by atoms with Gasteiger partial charge in [0.05, 0.1) is 17.9 Å². The van der Waals surface area contributed by atoms with Gasteiger partial charge in [0.15, 0.2) is 12.7 Å². The number of para-hydroxylation sites is 4. The second-order valence-electron chi connectivity index (χ2n) is 6.74. The molecule has 2 aliphatic heterocycles. The molecule has 8 heteroatoms. The van der Waals surface area contributed by atoms with Gasteiger partial charge >= 0.3 is 0 Å². The minimum Gasteiger partial charge on any atom is -0.482 e. The lowest BCUT2D eigenvalue weighted by Gasteiger charge is -2.35. The van der Waals surface area contributed by atoms with Crippen LogP contribution in [-0.2, 0) is 14.4 Å². The van der Waals surface area contributed by atoms with E-state index in [4.69, 9.17) is 9.47 Å². The molecule has 4 rings (SSSR count). The number of anilines is 2. The first-order valence-electron chi connectivity index (χ1n) is 9.38. The number of amides is 3. The van der Waals surface area contributed by atoms with Crippen molar-refractivity contribution < 1.29 is 23.9 Å². The smallest absolute Gasteiger partial charge is 0.265 e.